The van der Waals surface area contributed by atoms with Gasteiger partial charge in [-0.25, -0.2) is 0 Å². The van der Waals surface area contributed by atoms with Crippen molar-refractivity contribution in [3.8, 4) is 11.3 Å². The van der Waals surface area contributed by atoms with E-state index in [2.05, 4.69) is 52.0 Å². The minimum absolute atomic E-state index is 0.693. The molecule has 2 aromatic carbocycles. The Morgan fingerprint density at radius 1 is 1.07 bits per heavy atom. The highest BCUT2D eigenvalue weighted by Crippen LogP contribution is 2.32. The van der Waals surface area contributed by atoms with Crippen molar-refractivity contribution in [2.24, 2.45) is 5.73 Å². The molecule has 5 rings (SSSR count). The monoisotopic (exact) mass is 368 g/mol. The van der Waals surface area contributed by atoms with E-state index in [1.54, 1.807) is 0 Å². The third-order valence-corrected chi connectivity index (χ3v) is 4.99. The number of pyridine rings is 1. The fourth-order valence-electron chi connectivity index (χ4n) is 3.53. The van der Waals surface area contributed by atoms with E-state index in [0.29, 0.717) is 6.54 Å². The van der Waals surface area contributed by atoms with Crippen LogP contribution < -0.4 is 16.4 Å². The molecule has 4 N–H and O–H groups in total. The van der Waals surface area contributed by atoms with Gasteiger partial charge in [0.15, 0.2) is 0 Å². The van der Waals surface area contributed by atoms with Crippen molar-refractivity contribution in [2.45, 2.75) is 6.54 Å². The number of hydrogen-bond acceptors (Lipinski definition) is 5. The SMILES string of the molecule is NC1=CNCC=C1NCc1ccc2cncc(-c3cc4ccccc4o3)c2c1. The van der Waals surface area contributed by atoms with Gasteiger partial charge in [-0.3, -0.25) is 4.98 Å². The van der Waals surface area contributed by atoms with E-state index in [-0.39, 0.29) is 0 Å². The predicted molar refractivity (Wildman–Crippen MR) is 112 cm³/mol. The quantitative estimate of drug-likeness (QED) is 0.507. The molecule has 0 atom stereocenters. The van der Waals surface area contributed by atoms with E-state index in [4.69, 9.17) is 10.2 Å². The molecule has 4 aromatic rings. The zero-order valence-corrected chi connectivity index (χ0v) is 15.3. The third-order valence-electron chi connectivity index (χ3n) is 4.99. The van der Waals surface area contributed by atoms with Gasteiger partial charge in [-0.2, -0.15) is 0 Å². The van der Waals surface area contributed by atoms with Crippen molar-refractivity contribution in [1.82, 2.24) is 15.6 Å². The lowest BCUT2D eigenvalue weighted by Gasteiger charge is -2.16. The number of nitrogens with two attached hydrogens (primary N) is 1. The smallest absolute Gasteiger partial charge is 0.137 e. The zero-order valence-electron chi connectivity index (χ0n) is 15.3. The van der Waals surface area contributed by atoms with Gasteiger partial charge in [-0.05, 0) is 35.2 Å². The number of rotatable bonds is 4. The molecule has 0 fully saturated rings. The Balaban J connectivity index is 1.51. The molecule has 0 unspecified atom stereocenters. The highest BCUT2D eigenvalue weighted by molar-refractivity contribution is 5.97. The molecule has 1 aliphatic heterocycles. The van der Waals surface area contributed by atoms with Crippen LogP contribution in [0.4, 0.5) is 0 Å². The van der Waals surface area contributed by atoms with Crippen molar-refractivity contribution in [2.75, 3.05) is 6.54 Å². The molecule has 138 valence electrons. The number of para-hydroxylation sites is 1. The maximum Gasteiger partial charge on any atom is 0.137 e. The van der Waals surface area contributed by atoms with Crippen molar-refractivity contribution in [1.29, 1.82) is 0 Å². The van der Waals surface area contributed by atoms with Crippen molar-refractivity contribution in [3.05, 3.63) is 90.2 Å². The average molecular weight is 368 g/mol. The maximum atomic E-state index is 6.08. The number of dihydropyridines is 1. The molecule has 0 saturated carbocycles. The standard InChI is InChI=1S/C23H20N4O/c24-20-14-25-8-7-21(20)27-11-15-5-6-17-12-26-13-19(18(17)9-15)23-10-16-3-1-2-4-22(16)28-23/h1-7,9-10,12-14,25,27H,8,11,24H2. The molecule has 0 saturated heterocycles. The zero-order chi connectivity index (χ0) is 18.9. The van der Waals surface area contributed by atoms with Gasteiger partial charge >= 0.3 is 0 Å². The van der Waals surface area contributed by atoms with Gasteiger partial charge in [-0.1, -0.05) is 30.3 Å². The summed E-state index contributed by atoms with van der Waals surface area (Å²) in [6.07, 6.45) is 7.64. The molecule has 5 nitrogen and oxygen atoms in total. The van der Waals surface area contributed by atoms with Crippen LogP contribution in [0.3, 0.4) is 0 Å². The third kappa shape index (κ3) is 2.97. The molecule has 0 radical (unpaired) electrons. The van der Waals surface area contributed by atoms with Gasteiger partial charge in [-0.15, -0.1) is 0 Å². The van der Waals surface area contributed by atoms with E-state index in [1.165, 1.54) is 5.56 Å². The largest absolute Gasteiger partial charge is 0.456 e. The molecule has 28 heavy (non-hydrogen) atoms. The normalized spacial score (nSPS) is 13.9. The summed E-state index contributed by atoms with van der Waals surface area (Å²) >= 11 is 0. The van der Waals surface area contributed by atoms with Crippen molar-refractivity contribution in [3.63, 3.8) is 0 Å². The molecule has 2 aromatic heterocycles. The summed E-state index contributed by atoms with van der Waals surface area (Å²) in [5.41, 5.74) is 10.8. The Labute approximate surface area is 162 Å². The van der Waals surface area contributed by atoms with E-state index >= 15 is 0 Å². The summed E-state index contributed by atoms with van der Waals surface area (Å²) in [7, 11) is 0. The van der Waals surface area contributed by atoms with E-state index in [1.807, 2.05) is 36.8 Å². The second-order valence-corrected chi connectivity index (χ2v) is 6.87. The van der Waals surface area contributed by atoms with Crippen LogP contribution in [0.1, 0.15) is 5.56 Å². The van der Waals surface area contributed by atoms with E-state index in [0.717, 1.165) is 51.0 Å². The van der Waals surface area contributed by atoms with Crippen LogP contribution in [-0.2, 0) is 6.54 Å². The van der Waals surface area contributed by atoms with Crippen molar-refractivity contribution < 1.29 is 4.42 Å². The lowest BCUT2D eigenvalue weighted by atomic mass is 10.0. The Bertz CT molecular complexity index is 1200. The number of furan rings is 1. The Kier molecular flexibility index (Phi) is 3.98. The Morgan fingerprint density at radius 2 is 2.00 bits per heavy atom. The number of nitrogens with zero attached hydrogens (tertiary/aromatic N) is 1. The lowest BCUT2D eigenvalue weighted by molar-refractivity contribution is 0.632. The fraction of sp³-hybridized carbons (Fsp3) is 0.0870. The fourth-order valence-corrected chi connectivity index (χ4v) is 3.53. The van der Waals surface area contributed by atoms with E-state index < -0.39 is 0 Å². The molecule has 5 heteroatoms. The Hall–Kier alpha value is -3.73. The Morgan fingerprint density at radius 3 is 2.89 bits per heavy atom. The van der Waals surface area contributed by atoms with Crippen molar-refractivity contribution >= 4 is 21.7 Å². The number of fused-ring (bicyclic) bond motifs is 2. The summed E-state index contributed by atoms with van der Waals surface area (Å²) in [4.78, 5) is 4.40. The summed E-state index contributed by atoms with van der Waals surface area (Å²) in [5, 5.41) is 9.82. The topological polar surface area (TPSA) is 76.1 Å². The molecule has 0 aliphatic carbocycles. The van der Waals surface area contributed by atoms with Gasteiger partial charge in [0, 0.05) is 48.0 Å². The second kappa shape index (κ2) is 6.78. The summed E-state index contributed by atoms with van der Waals surface area (Å²) in [6.45, 7) is 1.47. The number of hydrogen-bond donors (Lipinski definition) is 3. The highest BCUT2D eigenvalue weighted by Gasteiger charge is 2.11. The van der Waals surface area contributed by atoms with Gasteiger partial charge < -0.3 is 20.8 Å². The van der Waals surface area contributed by atoms with Crippen LogP contribution >= 0.6 is 0 Å². The average Bonchev–Trinajstić information content (AvgIpc) is 3.16. The number of nitrogens with one attached hydrogen (secondary N) is 2. The lowest BCUT2D eigenvalue weighted by Crippen LogP contribution is -2.25. The summed E-state index contributed by atoms with van der Waals surface area (Å²) in [5.74, 6) is 0.831. The van der Waals surface area contributed by atoms with E-state index in [9.17, 15) is 0 Å². The number of aromatic nitrogens is 1. The minimum Gasteiger partial charge on any atom is -0.456 e. The second-order valence-electron chi connectivity index (χ2n) is 6.87. The molecule has 0 bridgehead atoms. The van der Waals surface area contributed by atoms with Crippen LogP contribution in [0, 0.1) is 0 Å². The van der Waals surface area contributed by atoms with Gasteiger partial charge in [0.2, 0.25) is 0 Å². The minimum atomic E-state index is 0.693. The molecule has 0 amide bonds. The van der Waals surface area contributed by atoms with Gasteiger partial charge in [0.25, 0.3) is 0 Å². The number of benzene rings is 2. The maximum absolute atomic E-state index is 6.08. The van der Waals surface area contributed by atoms with Gasteiger partial charge in [0.05, 0.1) is 11.4 Å². The first-order valence-electron chi connectivity index (χ1n) is 9.27. The molecular weight excluding hydrogens is 348 g/mol. The molecule has 0 spiro atoms. The van der Waals surface area contributed by atoms with Crippen LogP contribution in [0.2, 0.25) is 0 Å². The predicted octanol–water partition coefficient (Wildman–Crippen LogP) is 4.02. The highest BCUT2D eigenvalue weighted by atomic mass is 16.3. The van der Waals surface area contributed by atoms with Gasteiger partial charge in [0.1, 0.15) is 11.3 Å². The van der Waals surface area contributed by atoms with Crippen LogP contribution in [0.5, 0.6) is 0 Å². The summed E-state index contributed by atoms with van der Waals surface area (Å²) < 4.78 is 6.08. The van der Waals surface area contributed by atoms with Crippen LogP contribution in [0.25, 0.3) is 33.1 Å². The summed E-state index contributed by atoms with van der Waals surface area (Å²) in [6, 6.07) is 16.5. The first kappa shape index (κ1) is 16.4. The molecule has 3 heterocycles. The first-order valence-corrected chi connectivity index (χ1v) is 9.27. The van der Waals surface area contributed by atoms with Crippen LogP contribution in [-0.4, -0.2) is 11.5 Å². The molecular formula is C23H20N4O. The van der Waals surface area contributed by atoms with Crippen LogP contribution in [0.15, 0.2) is 89.0 Å². The molecule has 1 aliphatic rings. The first-order chi connectivity index (χ1) is 13.8.